The van der Waals surface area contributed by atoms with Crippen molar-refractivity contribution in [1.82, 2.24) is 10.6 Å². The Kier molecular flexibility index (Phi) is 6.80. The van der Waals surface area contributed by atoms with Crippen LogP contribution in [0.25, 0.3) is 0 Å². The maximum Gasteiger partial charge on any atom is 0.251 e. The van der Waals surface area contributed by atoms with E-state index in [1.807, 2.05) is 0 Å². The van der Waals surface area contributed by atoms with Crippen molar-refractivity contribution in [3.63, 3.8) is 0 Å². The SMILES string of the molecule is CCC(CO)(CO)NC(=O)CNC(=O)c1cccc(Br)c1. The fourth-order valence-corrected chi connectivity index (χ4v) is 2.07. The average molecular weight is 359 g/mol. The molecule has 116 valence electrons. The van der Waals surface area contributed by atoms with Crippen molar-refractivity contribution >= 4 is 27.7 Å². The molecule has 0 unspecified atom stereocenters. The number of benzene rings is 1. The predicted octanol–water partition coefficient (Wildman–Crippen LogP) is 0.429. The van der Waals surface area contributed by atoms with Crippen molar-refractivity contribution in [2.24, 2.45) is 0 Å². The van der Waals surface area contributed by atoms with Crippen LogP contribution in [0.2, 0.25) is 0 Å². The smallest absolute Gasteiger partial charge is 0.251 e. The van der Waals surface area contributed by atoms with E-state index in [2.05, 4.69) is 26.6 Å². The number of nitrogens with one attached hydrogen (secondary N) is 2. The van der Waals surface area contributed by atoms with Gasteiger partial charge in [0.15, 0.2) is 0 Å². The monoisotopic (exact) mass is 358 g/mol. The Bertz CT molecular complexity index is 495. The van der Waals surface area contributed by atoms with Crippen LogP contribution in [0.1, 0.15) is 23.7 Å². The van der Waals surface area contributed by atoms with Crippen LogP contribution in [-0.4, -0.2) is 47.3 Å². The first kappa shape index (κ1) is 17.6. The van der Waals surface area contributed by atoms with Gasteiger partial charge < -0.3 is 20.8 Å². The standard InChI is InChI=1S/C14H19BrN2O4/c1-2-14(8-18,9-19)17-12(20)7-16-13(21)10-4-3-5-11(15)6-10/h3-6,18-19H,2,7-9H2,1H3,(H,16,21)(H,17,20). The average Bonchev–Trinajstić information content (AvgIpc) is 2.50. The minimum absolute atomic E-state index is 0.229. The maximum absolute atomic E-state index is 11.9. The lowest BCUT2D eigenvalue weighted by Crippen LogP contribution is -2.55. The summed E-state index contributed by atoms with van der Waals surface area (Å²) in [5.74, 6) is -0.843. The van der Waals surface area contributed by atoms with Gasteiger partial charge in [-0.1, -0.05) is 28.9 Å². The van der Waals surface area contributed by atoms with Gasteiger partial charge in [0.1, 0.15) is 0 Å². The minimum atomic E-state index is -1.06. The number of carbonyl (C=O) groups is 2. The number of hydrogen-bond acceptors (Lipinski definition) is 4. The molecule has 2 amide bonds. The van der Waals surface area contributed by atoms with Crippen LogP contribution in [-0.2, 0) is 4.79 Å². The summed E-state index contributed by atoms with van der Waals surface area (Å²) in [7, 11) is 0. The lowest BCUT2D eigenvalue weighted by Gasteiger charge is -2.29. The van der Waals surface area contributed by atoms with Crippen molar-refractivity contribution in [3.05, 3.63) is 34.3 Å². The number of carbonyl (C=O) groups excluding carboxylic acids is 2. The fraction of sp³-hybridized carbons (Fsp3) is 0.429. The molecule has 0 spiro atoms. The summed E-state index contributed by atoms with van der Waals surface area (Å²) in [5, 5.41) is 23.5. The first-order valence-corrected chi connectivity index (χ1v) is 7.32. The predicted molar refractivity (Wildman–Crippen MR) is 81.8 cm³/mol. The van der Waals surface area contributed by atoms with Gasteiger partial charge in [0.25, 0.3) is 5.91 Å². The molecule has 0 aliphatic heterocycles. The summed E-state index contributed by atoms with van der Waals surface area (Å²) in [4.78, 5) is 23.6. The van der Waals surface area contributed by atoms with E-state index in [4.69, 9.17) is 0 Å². The number of amides is 2. The maximum atomic E-state index is 11.9. The van der Waals surface area contributed by atoms with E-state index < -0.39 is 11.4 Å². The second-order valence-electron chi connectivity index (χ2n) is 4.69. The summed E-state index contributed by atoms with van der Waals surface area (Å²) in [5.41, 5.74) is -0.624. The van der Waals surface area contributed by atoms with Crippen molar-refractivity contribution in [2.75, 3.05) is 19.8 Å². The van der Waals surface area contributed by atoms with Gasteiger partial charge in [-0.05, 0) is 24.6 Å². The molecule has 0 saturated heterocycles. The van der Waals surface area contributed by atoms with Crippen molar-refractivity contribution in [1.29, 1.82) is 0 Å². The van der Waals surface area contributed by atoms with E-state index in [0.717, 1.165) is 4.47 Å². The van der Waals surface area contributed by atoms with Crippen LogP contribution in [0.3, 0.4) is 0 Å². The van der Waals surface area contributed by atoms with E-state index in [-0.39, 0.29) is 25.7 Å². The zero-order valence-corrected chi connectivity index (χ0v) is 13.3. The van der Waals surface area contributed by atoms with Gasteiger partial charge >= 0.3 is 0 Å². The Hall–Kier alpha value is -1.44. The van der Waals surface area contributed by atoms with Gasteiger partial charge in [0.05, 0.1) is 25.3 Å². The second kappa shape index (κ2) is 8.11. The van der Waals surface area contributed by atoms with Crippen molar-refractivity contribution < 1.29 is 19.8 Å². The molecule has 0 aliphatic rings. The lowest BCUT2D eigenvalue weighted by molar-refractivity contribution is -0.123. The minimum Gasteiger partial charge on any atom is -0.394 e. The Balaban J connectivity index is 2.55. The van der Waals surface area contributed by atoms with E-state index in [9.17, 15) is 19.8 Å². The van der Waals surface area contributed by atoms with Gasteiger partial charge in [-0.25, -0.2) is 0 Å². The molecule has 1 rings (SSSR count). The number of aliphatic hydroxyl groups excluding tert-OH is 2. The molecule has 6 nitrogen and oxygen atoms in total. The molecule has 0 fully saturated rings. The van der Waals surface area contributed by atoms with Crippen LogP contribution < -0.4 is 10.6 Å². The second-order valence-corrected chi connectivity index (χ2v) is 5.61. The first-order chi connectivity index (χ1) is 9.96. The van der Waals surface area contributed by atoms with Crippen LogP contribution in [0.15, 0.2) is 28.7 Å². The molecule has 1 aromatic carbocycles. The molecule has 0 heterocycles. The summed E-state index contributed by atoms with van der Waals surface area (Å²) in [6, 6.07) is 6.79. The highest BCUT2D eigenvalue weighted by molar-refractivity contribution is 9.10. The normalized spacial score (nSPS) is 11.0. The number of hydrogen-bond donors (Lipinski definition) is 4. The van der Waals surface area contributed by atoms with Crippen LogP contribution in [0.5, 0.6) is 0 Å². The highest BCUT2D eigenvalue weighted by atomic mass is 79.9. The number of rotatable bonds is 7. The quantitative estimate of drug-likeness (QED) is 0.567. The molecule has 1 aromatic rings. The summed E-state index contributed by atoms with van der Waals surface area (Å²) in [6.45, 7) is 0.774. The van der Waals surface area contributed by atoms with E-state index in [1.54, 1.807) is 31.2 Å². The fourth-order valence-electron chi connectivity index (χ4n) is 1.67. The van der Waals surface area contributed by atoms with Crippen LogP contribution in [0, 0.1) is 0 Å². The molecule has 0 atom stereocenters. The first-order valence-electron chi connectivity index (χ1n) is 6.53. The molecule has 7 heteroatoms. The largest absolute Gasteiger partial charge is 0.394 e. The molecule has 4 N–H and O–H groups in total. The molecule has 0 saturated carbocycles. The van der Waals surface area contributed by atoms with E-state index in [0.29, 0.717) is 12.0 Å². The van der Waals surface area contributed by atoms with Gasteiger partial charge in [-0.3, -0.25) is 9.59 Å². The van der Waals surface area contributed by atoms with Crippen molar-refractivity contribution in [3.8, 4) is 0 Å². The molecule has 0 aliphatic carbocycles. The Morgan fingerprint density at radius 1 is 1.29 bits per heavy atom. The van der Waals surface area contributed by atoms with Gasteiger partial charge in [0.2, 0.25) is 5.91 Å². The zero-order valence-electron chi connectivity index (χ0n) is 11.7. The number of aliphatic hydroxyl groups is 2. The number of halogens is 1. The molecule has 0 bridgehead atoms. The van der Waals surface area contributed by atoms with Crippen molar-refractivity contribution in [2.45, 2.75) is 18.9 Å². The highest BCUT2D eigenvalue weighted by Gasteiger charge is 2.28. The van der Waals surface area contributed by atoms with Crippen LogP contribution in [0.4, 0.5) is 0 Å². The van der Waals surface area contributed by atoms with E-state index >= 15 is 0 Å². The third-order valence-electron chi connectivity index (χ3n) is 3.18. The summed E-state index contributed by atoms with van der Waals surface area (Å²) >= 11 is 3.26. The molecular weight excluding hydrogens is 340 g/mol. The Morgan fingerprint density at radius 2 is 1.95 bits per heavy atom. The summed E-state index contributed by atoms with van der Waals surface area (Å²) in [6.07, 6.45) is 0.380. The lowest BCUT2D eigenvalue weighted by atomic mass is 9.98. The van der Waals surface area contributed by atoms with Gasteiger partial charge in [-0.15, -0.1) is 0 Å². The van der Waals surface area contributed by atoms with Gasteiger partial charge in [-0.2, -0.15) is 0 Å². The molecule has 0 aromatic heterocycles. The third-order valence-corrected chi connectivity index (χ3v) is 3.68. The topological polar surface area (TPSA) is 98.7 Å². The highest BCUT2D eigenvalue weighted by Crippen LogP contribution is 2.11. The zero-order chi connectivity index (χ0) is 15.9. The van der Waals surface area contributed by atoms with Gasteiger partial charge in [0, 0.05) is 10.0 Å². The van der Waals surface area contributed by atoms with E-state index in [1.165, 1.54) is 0 Å². The molecular formula is C14H19BrN2O4. The Morgan fingerprint density at radius 3 is 2.48 bits per heavy atom. The Labute approximate surface area is 131 Å². The molecule has 21 heavy (non-hydrogen) atoms. The van der Waals surface area contributed by atoms with Crippen LogP contribution >= 0.6 is 15.9 Å². The molecule has 0 radical (unpaired) electrons. The third kappa shape index (κ3) is 5.11. The summed E-state index contributed by atoms with van der Waals surface area (Å²) < 4.78 is 0.769.